The molecule has 0 aliphatic carbocycles. The summed E-state index contributed by atoms with van der Waals surface area (Å²) in [5.41, 5.74) is 5.55. The van der Waals surface area contributed by atoms with E-state index < -0.39 is 5.41 Å². The van der Waals surface area contributed by atoms with Crippen molar-refractivity contribution in [2.45, 2.75) is 13.8 Å². The number of nitrogens with two attached hydrogens (primary N) is 1. The highest BCUT2D eigenvalue weighted by Gasteiger charge is 2.24. The molecule has 18 heavy (non-hydrogen) atoms. The van der Waals surface area contributed by atoms with Crippen molar-refractivity contribution in [2.75, 3.05) is 6.54 Å². The minimum Gasteiger partial charge on any atom is -0.409 e. The van der Waals surface area contributed by atoms with Crippen LogP contribution in [0.5, 0.6) is 0 Å². The molecule has 0 spiro atoms. The summed E-state index contributed by atoms with van der Waals surface area (Å²) in [6, 6.07) is 7.28. The molecule has 0 aliphatic rings. The van der Waals surface area contributed by atoms with Crippen LogP contribution in [0.2, 0.25) is 0 Å². The van der Waals surface area contributed by atoms with Crippen molar-refractivity contribution >= 4 is 34.3 Å². The summed E-state index contributed by atoms with van der Waals surface area (Å²) in [7, 11) is 0. The Bertz CT molecular complexity index is 472. The van der Waals surface area contributed by atoms with Gasteiger partial charge in [-0.1, -0.05) is 25.1 Å². The van der Waals surface area contributed by atoms with Gasteiger partial charge in [0.15, 0.2) is 0 Å². The number of hydrogen-bond donors (Lipinski definition) is 3. The number of carbonyl (C=O) groups is 1. The van der Waals surface area contributed by atoms with Gasteiger partial charge in [0.05, 0.1) is 0 Å². The van der Waals surface area contributed by atoms with E-state index in [1.165, 1.54) is 0 Å². The highest BCUT2D eigenvalue weighted by molar-refractivity contribution is 14.1. The van der Waals surface area contributed by atoms with Crippen molar-refractivity contribution in [1.29, 1.82) is 0 Å². The average molecular weight is 361 g/mol. The highest BCUT2D eigenvalue weighted by Crippen LogP contribution is 2.14. The lowest BCUT2D eigenvalue weighted by Crippen LogP contribution is -2.42. The van der Waals surface area contributed by atoms with Crippen LogP contribution in [0.4, 0.5) is 0 Å². The van der Waals surface area contributed by atoms with Crippen LogP contribution in [-0.2, 0) is 0 Å². The first-order chi connectivity index (χ1) is 8.36. The first-order valence-corrected chi connectivity index (χ1v) is 6.46. The van der Waals surface area contributed by atoms with E-state index >= 15 is 0 Å². The number of oxime groups is 1. The molecule has 1 amide bonds. The predicted molar refractivity (Wildman–Crippen MR) is 78.7 cm³/mol. The Morgan fingerprint density at radius 3 is 2.78 bits per heavy atom. The maximum Gasteiger partial charge on any atom is 0.251 e. The third-order valence-corrected chi connectivity index (χ3v) is 3.25. The van der Waals surface area contributed by atoms with Crippen LogP contribution in [-0.4, -0.2) is 23.5 Å². The van der Waals surface area contributed by atoms with Crippen molar-refractivity contribution in [2.24, 2.45) is 16.3 Å². The van der Waals surface area contributed by atoms with Gasteiger partial charge in [0.1, 0.15) is 5.84 Å². The fraction of sp³-hybridized carbons (Fsp3) is 0.333. The Balaban J connectivity index is 2.67. The van der Waals surface area contributed by atoms with Gasteiger partial charge in [0.25, 0.3) is 5.91 Å². The van der Waals surface area contributed by atoms with Gasteiger partial charge in [-0.05, 0) is 40.8 Å². The second-order valence-corrected chi connectivity index (χ2v) is 5.81. The number of nitrogens with one attached hydrogen (secondary N) is 1. The lowest BCUT2D eigenvalue weighted by molar-refractivity contribution is 0.0944. The number of benzene rings is 1. The number of halogens is 1. The summed E-state index contributed by atoms with van der Waals surface area (Å²) in [4.78, 5) is 11.9. The van der Waals surface area contributed by atoms with Gasteiger partial charge in [-0.25, -0.2) is 0 Å². The third kappa shape index (κ3) is 3.86. The highest BCUT2D eigenvalue weighted by atomic mass is 127. The summed E-state index contributed by atoms with van der Waals surface area (Å²) in [5, 5.41) is 14.4. The number of rotatable bonds is 4. The molecule has 0 fully saturated rings. The minimum atomic E-state index is -0.591. The molecule has 1 aromatic carbocycles. The van der Waals surface area contributed by atoms with Gasteiger partial charge >= 0.3 is 0 Å². The van der Waals surface area contributed by atoms with Gasteiger partial charge in [-0.3, -0.25) is 4.79 Å². The van der Waals surface area contributed by atoms with Crippen LogP contribution >= 0.6 is 22.6 Å². The molecule has 0 saturated heterocycles. The van der Waals surface area contributed by atoms with E-state index in [4.69, 9.17) is 10.9 Å². The van der Waals surface area contributed by atoms with E-state index in [9.17, 15) is 4.79 Å². The number of amidine groups is 1. The molecule has 0 bridgehead atoms. The molecule has 1 rings (SSSR count). The van der Waals surface area contributed by atoms with Crippen LogP contribution < -0.4 is 11.1 Å². The van der Waals surface area contributed by atoms with Crippen LogP contribution in [0.25, 0.3) is 0 Å². The first kappa shape index (κ1) is 14.7. The monoisotopic (exact) mass is 361 g/mol. The van der Waals surface area contributed by atoms with E-state index in [2.05, 4.69) is 33.1 Å². The number of carbonyl (C=O) groups excluding carboxylic acids is 1. The lowest BCUT2D eigenvalue weighted by atomic mass is 9.92. The van der Waals surface area contributed by atoms with Crippen LogP contribution in [0.15, 0.2) is 29.4 Å². The molecule has 5 nitrogen and oxygen atoms in total. The topological polar surface area (TPSA) is 87.7 Å². The van der Waals surface area contributed by atoms with Gasteiger partial charge < -0.3 is 16.3 Å². The summed E-state index contributed by atoms with van der Waals surface area (Å²) in [5.74, 6) is -0.0854. The van der Waals surface area contributed by atoms with Crippen molar-refractivity contribution in [3.63, 3.8) is 0 Å². The molecular formula is C12H16IN3O2. The van der Waals surface area contributed by atoms with Crippen LogP contribution in [0.3, 0.4) is 0 Å². The number of amides is 1. The molecule has 4 N–H and O–H groups in total. The molecule has 0 aromatic heterocycles. The zero-order valence-electron chi connectivity index (χ0n) is 10.3. The van der Waals surface area contributed by atoms with Crippen LogP contribution in [0, 0.1) is 8.99 Å². The van der Waals surface area contributed by atoms with Crippen molar-refractivity contribution in [1.82, 2.24) is 5.32 Å². The SMILES string of the molecule is CC(C)(CNC(=O)c1cccc(I)c1)/C(N)=N/O. The predicted octanol–water partition coefficient (Wildman–Crippen LogP) is 1.79. The number of nitrogens with zero attached hydrogens (tertiary/aromatic N) is 1. The van der Waals surface area contributed by atoms with E-state index in [0.29, 0.717) is 12.1 Å². The molecule has 0 unspecified atom stereocenters. The lowest BCUT2D eigenvalue weighted by Gasteiger charge is -2.23. The van der Waals surface area contributed by atoms with E-state index in [-0.39, 0.29) is 11.7 Å². The van der Waals surface area contributed by atoms with Crippen molar-refractivity contribution in [3.05, 3.63) is 33.4 Å². The molecular weight excluding hydrogens is 345 g/mol. The maximum atomic E-state index is 11.9. The molecule has 0 atom stereocenters. The van der Waals surface area contributed by atoms with Crippen molar-refractivity contribution in [3.8, 4) is 0 Å². The Morgan fingerprint density at radius 2 is 2.22 bits per heavy atom. The van der Waals surface area contributed by atoms with Crippen molar-refractivity contribution < 1.29 is 10.0 Å². The molecule has 6 heteroatoms. The average Bonchev–Trinajstić information content (AvgIpc) is 2.35. The van der Waals surface area contributed by atoms with Crippen LogP contribution in [0.1, 0.15) is 24.2 Å². The van der Waals surface area contributed by atoms with E-state index in [0.717, 1.165) is 3.57 Å². The summed E-state index contributed by atoms with van der Waals surface area (Å²) < 4.78 is 0.996. The maximum absolute atomic E-state index is 11.9. The zero-order chi connectivity index (χ0) is 13.8. The van der Waals surface area contributed by atoms with Gasteiger partial charge in [-0.2, -0.15) is 0 Å². The zero-order valence-corrected chi connectivity index (χ0v) is 12.4. The molecule has 1 aromatic rings. The Kier molecular flexibility index (Phi) is 4.94. The third-order valence-electron chi connectivity index (χ3n) is 2.58. The van der Waals surface area contributed by atoms with E-state index in [1.54, 1.807) is 26.0 Å². The molecule has 98 valence electrons. The molecule has 0 heterocycles. The normalized spacial score (nSPS) is 12.3. The minimum absolute atomic E-state index is 0.0884. The summed E-state index contributed by atoms with van der Waals surface area (Å²) in [6.07, 6.45) is 0. The fourth-order valence-electron chi connectivity index (χ4n) is 1.26. The second-order valence-electron chi connectivity index (χ2n) is 4.56. The molecule has 0 radical (unpaired) electrons. The van der Waals surface area contributed by atoms with Gasteiger partial charge in [0.2, 0.25) is 0 Å². The smallest absolute Gasteiger partial charge is 0.251 e. The van der Waals surface area contributed by atoms with Gasteiger partial charge in [-0.15, -0.1) is 0 Å². The first-order valence-electron chi connectivity index (χ1n) is 5.38. The molecule has 0 saturated carbocycles. The number of hydrogen-bond acceptors (Lipinski definition) is 3. The Hall–Kier alpha value is -1.31. The largest absolute Gasteiger partial charge is 0.409 e. The Labute approximate surface area is 120 Å². The molecule has 0 aliphatic heterocycles. The quantitative estimate of drug-likeness (QED) is 0.251. The summed E-state index contributed by atoms with van der Waals surface area (Å²) in [6.45, 7) is 3.88. The fourth-order valence-corrected chi connectivity index (χ4v) is 1.80. The second kappa shape index (κ2) is 6.03. The standard InChI is InChI=1S/C12H16IN3O2/c1-12(2,11(14)16-18)7-15-10(17)8-4-3-5-9(13)6-8/h3-6,18H,7H2,1-2H3,(H2,14,16)(H,15,17). The van der Waals surface area contributed by atoms with E-state index in [1.807, 2.05) is 12.1 Å². The van der Waals surface area contributed by atoms with Gasteiger partial charge in [0, 0.05) is 21.1 Å². The summed E-state index contributed by atoms with van der Waals surface area (Å²) >= 11 is 2.15. The Morgan fingerprint density at radius 1 is 1.56 bits per heavy atom.